The first-order valence-electron chi connectivity index (χ1n) is 5.02. The van der Waals surface area contributed by atoms with Gasteiger partial charge in [-0.2, -0.15) is 30.1 Å². The fourth-order valence-electron chi connectivity index (χ4n) is 1.39. The normalized spacial score (nSPS) is 22.9. The molecule has 0 saturated carbocycles. The molecule has 1 heterocycles. The largest absolute Gasteiger partial charge is 0.304 e. The molecular formula is C8H19N3O2S2. The lowest BCUT2D eigenvalue weighted by Gasteiger charge is -2.32. The molecule has 1 unspecified atom stereocenters. The molecule has 5 nitrogen and oxygen atoms in total. The van der Waals surface area contributed by atoms with Gasteiger partial charge >= 0.3 is 0 Å². The van der Waals surface area contributed by atoms with Gasteiger partial charge in [-0.1, -0.05) is 0 Å². The molecule has 0 amide bonds. The summed E-state index contributed by atoms with van der Waals surface area (Å²) in [6.45, 7) is 4.50. The minimum Gasteiger partial charge on any atom is -0.304 e. The van der Waals surface area contributed by atoms with Crippen LogP contribution in [0.5, 0.6) is 0 Å². The molecule has 1 rings (SSSR count). The van der Waals surface area contributed by atoms with Crippen molar-refractivity contribution in [2.45, 2.75) is 13.0 Å². The molecule has 0 aromatic carbocycles. The van der Waals surface area contributed by atoms with Crippen molar-refractivity contribution in [3.63, 3.8) is 0 Å². The first-order chi connectivity index (χ1) is 6.95. The van der Waals surface area contributed by atoms with Gasteiger partial charge in [-0.25, -0.2) is 0 Å². The summed E-state index contributed by atoms with van der Waals surface area (Å²) >= 11 is 4.05. The summed E-state index contributed by atoms with van der Waals surface area (Å²) in [4.78, 5) is 2.12. The highest BCUT2D eigenvalue weighted by Gasteiger charge is 2.26. The molecule has 0 bridgehead atoms. The number of nitrogens with zero attached hydrogens (tertiary/aromatic N) is 2. The van der Waals surface area contributed by atoms with Crippen molar-refractivity contribution in [1.82, 2.24) is 13.9 Å². The van der Waals surface area contributed by atoms with Crippen molar-refractivity contribution in [2.24, 2.45) is 0 Å². The van der Waals surface area contributed by atoms with E-state index in [1.165, 1.54) is 4.31 Å². The monoisotopic (exact) mass is 253 g/mol. The second-order valence-electron chi connectivity index (χ2n) is 3.91. The molecule has 0 aliphatic carbocycles. The second-order valence-corrected chi connectivity index (χ2v) is 5.98. The number of hydrogen-bond donors (Lipinski definition) is 2. The maximum atomic E-state index is 11.8. The van der Waals surface area contributed by atoms with Crippen molar-refractivity contribution in [3.8, 4) is 0 Å². The third-order valence-electron chi connectivity index (χ3n) is 2.43. The van der Waals surface area contributed by atoms with E-state index in [4.69, 9.17) is 0 Å². The molecule has 1 N–H and O–H groups in total. The molecule has 1 aliphatic heterocycles. The van der Waals surface area contributed by atoms with Crippen molar-refractivity contribution < 1.29 is 8.42 Å². The van der Waals surface area contributed by atoms with Gasteiger partial charge in [0.05, 0.1) is 0 Å². The third-order valence-corrected chi connectivity index (χ3v) is 4.72. The lowest BCUT2D eigenvalue weighted by atomic mass is 10.4. The topological polar surface area (TPSA) is 52.7 Å². The van der Waals surface area contributed by atoms with E-state index in [1.807, 2.05) is 7.05 Å². The highest BCUT2D eigenvalue weighted by atomic mass is 32.2. The minimum atomic E-state index is -3.31. The molecule has 1 saturated heterocycles. The molecule has 1 atom stereocenters. The van der Waals surface area contributed by atoms with Crippen LogP contribution in [-0.2, 0) is 10.2 Å². The third kappa shape index (κ3) is 3.92. The van der Waals surface area contributed by atoms with E-state index in [-0.39, 0.29) is 6.04 Å². The van der Waals surface area contributed by atoms with E-state index in [2.05, 4.69) is 22.3 Å². The number of hydrogen-bond acceptors (Lipinski definition) is 4. The van der Waals surface area contributed by atoms with Gasteiger partial charge in [0.15, 0.2) is 0 Å². The Hall–Kier alpha value is 0.180. The fraction of sp³-hybridized carbons (Fsp3) is 1.00. The van der Waals surface area contributed by atoms with Gasteiger partial charge < -0.3 is 4.90 Å². The van der Waals surface area contributed by atoms with Gasteiger partial charge in [-0.3, -0.25) is 0 Å². The predicted molar refractivity (Wildman–Crippen MR) is 64.4 cm³/mol. The standard InChI is InChI=1S/C8H19N3O2S2/c1-8(7-14)9-15(12,13)11-5-3-10(2)4-6-11/h8-9,14H,3-7H2,1-2H3. The van der Waals surface area contributed by atoms with Gasteiger partial charge in [0, 0.05) is 38.0 Å². The van der Waals surface area contributed by atoms with E-state index in [0.717, 1.165) is 13.1 Å². The van der Waals surface area contributed by atoms with Crippen molar-refractivity contribution in [1.29, 1.82) is 0 Å². The molecule has 1 fully saturated rings. The smallest absolute Gasteiger partial charge is 0.279 e. The van der Waals surface area contributed by atoms with Crippen LogP contribution in [0.2, 0.25) is 0 Å². The summed E-state index contributed by atoms with van der Waals surface area (Å²) in [7, 11) is -1.32. The zero-order valence-corrected chi connectivity index (χ0v) is 10.9. The molecule has 0 aromatic rings. The minimum absolute atomic E-state index is 0.127. The van der Waals surface area contributed by atoms with Crippen molar-refractivity contribution in [2.75, 3.05) is 39.0 Å². The second kappa shape index (κ2) is 5.49. The number of thiol groups is 1. The molecular weight excluding hydrogens is 234 g/mol. The highest BCUT2D eigenvalue weighted by molar-refractivity contribution is 7.87. The molecule has 90 valence electrons. The predicted octanol–water partition coefficient (Wildman–Crippen LogP) is -0.613. The van der Waals surface area contributed by atoms with Crippen LogP contribution >= 0.6 is 12.6 Å². The molecule has 7 heteroatoms. The van der Waals surface area contributed by atoms with Crippen LogP contribution in [0.25, 0.3) is 0 Å². The Kier molecular flexibility index (Phi) is 4.85. The Labute approximate surface area is 97.4 Å². The maximum absolute atomic E-state index is 11.8. The van der Waals surface area contributed by atoms with Crippen LogP contribution in [-0.4, -0.2) is 62.6 Å². The van der Waals surface area contributed by atoms with Crippen LogP contribution in [0.15, 0.2) is 0 Å². The average molecular weight is 253 g/mol. The van der Waals surface area contributed by atoms with Crippen LogP contribution < -0.4 is 4.72 Å². The number of nitrogens with one attached hydrogen (secondary N) is 1. The van der Waals surface area contributed by atoms with Crippen molar-refractivity contribution >= 4 is 22.8 Å². The lowest BCUT2D eigenvalue weighted by Crippen LogP contribution is -2.52. The number of likely N-dealkylation sites (N-methyl/N-ethyl adjacent to an activating group) is 1. The molecule has 1 aliphatic rings. The summed E-state index contributed by atoms with van der Waals surface area (Å²) in [6.07, 6.45) is 0. The van der Waals surface area contributed by atoms with Crippen LogP contribution in [0.3, 0.4) is 0 Å². The zero-order chi connectivity index (χ0) is 11.5. The molecule has 0 aromatic heterocycles. The first kappa shape index (κ1) is 13.2. The SMILES string of the molecule is CC(CS)NS(=O)(=O)N1CCN(C)CC1. The summed E-state index contributed by atoms with van der Waals surface area (Å²) in [5.74, 6) is 0.507. The summed E-state index contributed by atoms with van der Waals surface area (Å²) in [5, 5.41) is 0. The zero-order valence-electron chi connectivity index (χ0n) is 9.18. The van der Waals surface area contributed by atoms with Gasteiger partial charge in [0.1, 0.15) is 0 Å². The van der Waals surface area contributed by atoms with E-state index in [1.54, 1.807) is 6.92 Å². The first-order valence-corrected chi connectivity index (χ1v) is 7.10. The van der Waals surface area contributed by atoms with Gasteiger partial charge in [0.25, 0.3) is 10.2 Å². The van der Waals surface area contributed by atoms with Crippen LogP contribution in [0.4, 0.5) is 0 Å². The highest BCUT2D eigenvalue weighted by Crippen LogP contribution is 2.05. The Morgan fingerprint density at radius 2 is 1.87 bits per heavy atom. The van der Waals surface area contributed by atoms with Gasteiger partial charge in [0.2, 0.25) is 0 Å². The fourth-order valence-corrected chi connectivity index (χ4v) is 2.99. The van der Waals surface area contributed by atoms with E-state index >= 15 is 0 Å². The van der Waals surface area contributed by atoms with E-state index in [9.17, 15) is 8.42 Å². The molecule has 0 radical (unpaired) electrons. The summed E-state index contributed by atoms with van der Waals surface area (Å²) in [5.41, 5.74) is 0. The average Bonchev–Trinajstić information content (AvgIpc) is 2.17. The van der Waals surface area contributed by atoms with E-state index < -0.39 is 10.2 Å². The quantitative estimate of drug-likeness (QED) is 0.657. The molecule has 0 spiro atoms. The van der Waals surface area contributed by atoms with E-state index in [0.29, 0.717) is 18.8 Å². The lowest BCUT2D eigenvalue weighted by molar-refractivity contribution is 0.220. The Bertz CT molecular complexity index is 286. The van der Waals surface area contributed by atoms with Crippen LogP contribution in [0, 0.1) is 0 Å². The van der Waals surface area contributed by atoms with Gasteiger partial charge in [-0.05, 0) is 14.0 Å². The van der Waals surface area contributed by atoms with Crippen molar-refractivity contribution in [3.05, 3.63) is 0 Å². The summed E-state index contributed by atoms with van der Waals surface area (Å²) in [6, 6.07) is -0.127. The Balaban J connectivity index is 2.54. The van der Waals surface area contributed by atoms with Crippen LogP contribution in [0.1, 0.15) is 6.92 Å². The molecule has 15 heavy (non-hydrogen) atoms. The Morgan fingerprint density at radius 1 is 1.33 bits per heavy atom. The van der Waals surface area contributed by atoms with Gasteiger partial charge in [-0.15, -0.1) is 0 Å². The summed E-state index contributed by atoms with van der Waals surface area (Å²) < 4.78 is 27.7. The number of piperazine rings is 1. The maximum Gasteiger partial charge on any atom is 0.279 e. The number of rotatable bonds is 4. The Morgan fingerprint density at radius 3 is 2.33 bits per heavy atom.